The Balaban J connectivity index is 4.68. The van der Waals surface area contributed by atoms with Gasteiger partial charge < -0.3 is 11.1 Å². The van der Waals surface area contributed by atoms with E-state index < -0.39 is 0 Å². The summed E-state index contributed by atoms with van der Waals surface area (Å²) in [6.45, 7) is 5.75. The van der Waals surface area contributed by atoms with Gasteiger partial charge in [-0.25, -0.2) is 0 Å². The molecule has 0 radical (unpaired) electrons. The van der Waals surface area contributed by atoms with Crippen molar-refractivity contribution >= 4 is 5.91 Å². The molecule has 1 amide bonds. The molecule has 3 heteroatoms. The van der Waals surface area contributed by atoms with E-state index >= 15 is 0 Å². The van der Waals surface area contributed by atoms with Crippen molar-refractivity contribution in [1.29, 1.82) is 0 Å². The van der Waals surface area contributed by atoms with Gasteiger partial charge in [0, 0.05) is 18.3 Å². The fraction of sp³-hybridized carbons (Fsp3) is 0.625. The van der Waals surface area contributed by atoms with Crippen molar-refractivity contribution < 1.29 is 4.79 Å². The number of rotatable bonds is 3. The zero-order valence-electron chi connectivity index (χ0n) is 7.56. The number of nitrogens with one attached hydrogen (secondary N) is 1. The summed E-state index contributed by atoms with van der Waals surface area (Å²) in [6.07, 6.45) is 0. The topological polar surface area (TPSA) is 55.1 Å². The molecule has 0 heterocycles. The molecule has 64 valence electrons. The molecule has 0 unspecified atom stereocenters. The number of carbonyl (C=O) groups is 1. The number of nitrogens with two attached hydrogens (primary N) is 1. The van der Waals surface area contributed by atoms with Gasteiger partial charge in [-0.1, -0.05) is 13.8 Å². The lowest BCUT2D eigenvalue weighted by molar-refractivity contribution is -0.114. The lowest BCUT2D eigenvalue weighted by atomic mass is 10.1. The summed E-state index contributed by atoms with van der Waals surface area (Å²) >= 11 is 0. The number of primary amides is 1. The zero-order valence-corrected chi connectivity index (χ0v) is 7.56. The average Bonchev–Trinajstić information content (AvgIpc) is 1.88. The van der Waals surface area contributed by atoms with Crippen LogP contribution in [0.15, 0.2) is 11.3 Å². The van der Waals surface area contributed by atoms with Crippen LogP contribution in [0.1, 0.15) is 20.8 Å². The van der Waals surface area contributed by atoms with Gasteiger partial charge in [-0.3, -0.25) is 4.79 Å². The summed E-state index contributed by atoms with van der Waals surface area (Å²) in [4.78, 5) is 10.7. The van der Waals surface area contributed by atoms with E-state index in [9.17, 15) is 4.79 Å². The molecule has 0 rings (SSSR count). The van der Waals surface area contributed by atoms with Crippen LogP contribution in [0.5, 0.6) is 0 Å². The first-order valence-electron chi connectivity index (χ1n) is 3.69. The van der Waals surface area contributed by atoms with Crippen LogP contribution < -0.4 is 11.1 Å². The number of amides is 1. The number of hydrogen-bond acceptors (Lipinski definition) is 2. The minimum Gasteiger partial charge on any atom is -0.391 e. The van der Waals surface area contributed by atoms with Crippen molar-refractivity contribution in [1.82, 2.24) is 5.32 Å². The summed E-state index contributed by atoms with van der Waals surface area (Å²) in [5.74, 6) is -0.0458. The maximum atomic E-state index is 10.7. The summed E-state index contributed by atoms with van der Waals surface area (Å²) in [5.41, 5.74) is 6.64. The van der Waals surface area contributed by atoms with E-state index in [4.69, 9.17) is 5.73 Å². The second-order valence-electron chi connectivity index (χ2n) is 2.81. The Kier molecular flexibility index (Phi) is 3.65. The SMILES string of the molecule is CN/C(=C(\C)C(N)=O)C(C)C. The van der Waals surface area contributed by atoms with Crippen LogP contribution in [0.2, 0.25) is 0 Å². The van der Waals surface area contributed by atoms with E-state index in [1.807, 2.05) is 13.8 Å². The van der Waals surface area contributed by atoms with E-state index in [-0.39, 0.29) is 5.91 Å². The third kappa shape index (κ3) is 2.62. The van der Waals surface area contributed by atoms with Crippen LogP contribution in [0, 0.1) is 5.92 Å². The summed E-state index contributed by atoms with van der Waals surface area (Å²) in [5, 5.41) is 2.96. The highest BCUT2D eigenvalue weighted by Gasteiger charge is 2.08. The van der Waals surface area contributed by atoms with Gasteiger partial charge in [-0.2, -0.15) is 0 Å². The van der Waals surface area contributed by atoms with E-state index in [0.717, 1.165) is 5.70 Å². The van der Waals surface area contributed by atoms with Crippen molar-refractivity contribution in [2.75, 3.05) is 7.05 Å². The predicted octanol–water partition coefficient (Wildman–Crippen LogP) is 0.621. The summed E-state index contributed by atoms with van der Waals surface area (Å²) in [7, 11) is 1.79. The molecule has 3 nitrogen and oxygen atoms in total. The Morgan fingerprint density at radius 2 is 1.91 bits per heavy atom. The molecular weight excluding hydrogens is 140 g/mol. The van der Waals surface area contributed by atoms with E-state index in [0.29, 0.717) is 11.5 Å². The fourth-order valence-electron chi connectivity index (χ4n) is 1.04. The van der Waals surface area contributed by atoms with Crippen LogP contribution in [-0.4, -0.2) is 13.0 Å². The number of carbonyl (C=O) groups excluding carboxylic acids is 1. The highest BCUT2D eigenvalue weighted by molar-refractivity contribution is 5.92. The van der Waals surface area contributed by atoms with Crippen LogP contribution in [0.25, 0.3) is 0 Å². The molecule has 0 saturated heterocycles. The number of allylic oxidation sites excluding steroid dienone is 1. The maximum absolute atomic E-state index is 10.7. The third-order valence-corrected chi connectivity index (χ3v) is 1.62. The average molecular weight is 156 g/mol. The van der Waals surface area contributed by atoms with Gasteiger partial charge >= 0.3 is 0 Å². The van der Waals surface area contributed by atoms with Gasteiger partial charge in [-0.05, 0) is 12.8 Å². The van der Waals surface area contributed by atoms with Crippen LogP contribution in [0.3, 0.4) is 0 Å². The minimum absolute atomic E-state index is 0.312. The lowest BCUT2D eigenvalue weighted by Crippen LogP contribution is -2.21. The van der Waals surface area contributed by atoms with Crippen molar-refractivity contribution in [3.63, 3.8) is 0 Å². The Morgan fingerprint density at radius 1 is 1.45 bits per heavy atom. The largest absolute Gasteiger partial charge is 0.391 e. The molecule has 0 bridgehead atoms. The van der Waals surface area contributed by atoms with Crippen molar-refractivity contribution in [3.05, 3.63) is 11.3 Å². The van der Waals surface area contributed by atoms with Crippen LogP contribution >= 0.6 is 0 Å². The van der Waals surface area contributed by atoms with Crippen molar-refractivity contribution in [2.24, 2.45) is 11.7 Å². The predicted molar refractivity (Wildman–Crippen MR) is 45.8 cm³/mol. The van der Waals surface area contributed by atoms with Gasteiger partial charge in [0.25, 0.3) is 0 Å². The second-order valence-corrected chi connectivity index (χ2v) is 2.81. The van der Waals surface area contributed by atoms with E-state index in [1.165, 1.54) is 0 Å². The van der Waals surface area contributed by atoms with Gasteiger partial charge in [0.1, 0.15) is 0 Å². The monoisotopic (exact) mass is 156 g/mol. The molecule has 0 aliphatic heterocycles. The summed E-state index contributed by atoms with van der Waals surface area (Å²) < 4.78 is 0. The minimum atomic E-state index is -0.358. The molecule has 0 aromatic heterocycles. The highest BCUT2D eigenvalue weighted by Crippen LogP contribution is 2.10. The maximum Gasteiger partial charge on any atom is 0.246 e. The molecule has 0 aliphatic carbocycles. The standard InChI is InChI=1S/C8H16N2O/c1-5(2)7(10-4)6(3)8(9)11/h5,10H,1-4H3,(H2,9,11)/b7-6+. The molecule has 3 N–H and O–H groups in total. The molecule has 0 fully saturated rings. The Bertz CT molecular complexity index is 183. The number of hydrogen-bond donors (Lipinski definition) is 2. The molecular formula is C8H16N2O. The molecule has 0 aromatic carbocycles. The molecule has 11 heavy (non-hydrogen) atoms. The van der Waals surface area contributed by atoms with Crippen LogP contribution in [0.4, 0.5) is 0 Å². The fourth-order valence-corrected chi connectivity index (χ4v) is 1.04. The first-order valence-corrected chi connectivity index (χ1v) is 3.69. The first kappa shape index (κ1) is 10.0. The Morgan fingerprint density at radius 3 is 2.00 bits per heavy atom. The third-order valence-electron chi connectivity index (χ3n) is 1.62. The quantitative estimate of drug-likeness (QED) is 0.588. The van der Waals surface area contributed by atoms with Crippen LogP contribution in [-0.2, 0) is 4.79 Å². The molecule has 0 aromatic rings. The molecule has 0 aliphatic rings. The van der Waals surface area contributed by atoms with Gasteiger partial charge in [-0.15, -0.1) is 0 Å². The highest BCUT2D eigenvalue weighted by atomic mass is 16.1. The zero-order chi connectivity index (χ0) is 9.02. The van der Waals surface area contributed by atoms with Gasteiger partial charge in [0.05, 0.1) is 0 Å². The van der Waals surface area contributed by atoms with Gasteiger partial charge in [0.15, 0.2) is 0 Å². The summed E-state index contributed by atoms with van der Waals surface area (Å²) in [6, 6.07) is 0. The normalized spacial score (nSPS) is 12.8. The Labute approximate surface area is 67.7 Å². The van der Waals surface area contributed by atoms with E-state index in [2.05, 4.69) is 5.32 Å². The lowest BCUT2D eigenvalue weighted by Gasteiger charge is -2.12. The second kappa shape index (κ2) is 4.01. The van der Waals surface area contributed by atoms with Crippen molar-refractivity contribution in [3.8, 4) is 0 Å². The van der Waals surface area contributed by atoms with Gasteiger partial charge in [0.2, 0.25) is 5.91 Å². The van der Waals surface area contributed by atoms with E-state index in [1.54, 1.807) is 14.0 Å². The molecule has 0 saturated carbocycles. The Hall–Kier alpha value is -0.990. The first-order chi connectivity index (χ1) is 5.00. The smallest absolute Gasteiger partial charge is 0.246 e. The molecule has 0 spiro atoms. The van der Waals surface area contributed by atoms with Crippen molar-refractivity contribution in [2.45, 2.75) is 20.8 Å². The molecule has 0 atom stereocenters.